The number of benzene rings is 2. The lowest BCUT2D eigenvalue weighted by Gasteiger charge is -2.11. The van der Waals surface area contributed by atoms with Gasteiger partial charge in [-0.3, -0.25) is 4.79 Å². The lowest BCUT2D eigenvalue weighted by Crippen LogP contribution is -2.24. The highest BCUT2D eigenvalue weighted by Crippen LogP contribution is 2.28. The van der Waals surface area contributed by atoms with E-state index in [0.29, 0.717) is 35.1 Å². The Hall–Kier alpha value is -4.52. The molecule has 0 radical (unpaired) electrons. The lowest BCUT2D eigenvalue weighted by molar-refractivity contribution is 0.0951. The average Bonchev–Trinajstić information content (AvgIpc) is 3.56. The molecule has 0 fully saturated rings. The van der Waals surface area contributed by atoms with Crippen molar-refractivity contribution < 1.29 is 9.21 Å². The van der Waals surface area contributed by atoms with Crippen LogP contribution in [0.3, 0.4) is 0 Å². The second-order valence-corrected chi connectivity index (χ2v) is 7.56. The van der Waals surface area contributed by atoms with Crippen LogP contribution in [-0.2, 0) is 6.54 Å². The molecule has 3 aromatic heterocycles. The van der Waals surface area contributed by atoms with E-state index in [4.69, 9.17) is 4.42 Å². The summed E-state index contributed by atoms with van der Waals surface area (Å²) in [6.07, 6.45) is 6.89. The molecule has 33 heavy (non-hydrogen) atoms. The number of pyridine rings is 1. The zero-order chi connectivity index (χ0) is 22.6. The topological polar surface area (TPSA) is 85.8 Å². The molecule has 0 bridgehead atoms. The van der Waals surface area contributed by atoms with Crippen molar-refractivity contribution in [3.05, 3.63) is 108 Å². The van der Waals surface area contributed by atoms with Crippen LogP contribution in [0.5, 0.6) is 0 Å². The summed E-state index contributed by atoms with van der Waals surface area (Å²) in [5, 5.41) is 7.22. The number of amides is 1. The van der Waals surface area contributed by atoms with Crippen LogP contribution in [0.15, 0.2) is 95.9 Å². The van der Waals surface area contributed by atoms with Crippen LogP contribution < -0.4 is 5.32 Å². The maximum absolute atomic E-state index is 13.1. The molecule has 5 rings (SSSR count). The van der Waals surface area contributed by atoms with Gasteiger partial charge in [-0.15, -0.1) is 0 Å². The van der Waals surface area contributed by atoms with Crippen molar-refractivity contribution in [3.8, 4) is 28.6 Å². The van der Waals surface area contributed by atoms with Crippen molar-refractivity contribution in [1.82, 2.24) is 25.1 Å². The van der Waals surface area contributed by atoms with E-state index in [2.05, 4.69) is 20.4 Å². The van der Waals surface area contributed by atoms with Crippen LogP contribution in [0.25, 0.3) is 28.6 Å². The van der Waals surface area contributed by atoms with E-state index in [-0.39, 0.29) is 5.91 Å². The van der Waals surface area contributed by atoms with Crippen LogP contribution in [0.2, 0.25) is 0 Å². The van der Waals surface area contributed by atoms with Gasteiger partial charge < -0.3 is 9.73 Å². The van der Waals surface area contributed by atoms with Gasteiger partial charge in [-0.1, -0.05) is 48.0 Å². The third-order valence-corrected chi connectivity index (χ3v) is 5.27. The fraction of sp³-hybridized carbons (Fsp3) is 0.0769. The third-order valence-electron chi connectivity index (χ3n) is 5.27. The molecular weight excluding hydrogens is 414 g/mol. The maximum atomic E-state index is 13.1. The molecule has 3 heterocycles. The van der Waals surface area contributed by atoms with Crippen LogP contribution in [0, 0.1) is 6.92 Å². The van der Waals surface area contributed by atoms with E-state index in [1.54, 1.807) is 29.3 Å². The Labute approximate surface area is 190 Å². The van der Waals surface area contributed by atoms with Crippen molar-refractivity contribution in [1.29, 1.82) is 0 Å². The normalized spacial score (nSPS) is 10.8. The second kappa shape index (κ2) is 8.92. The first-order valence-corrected chi connectivity index (χ1v) is 10.5. The summed E-state index contributed by atoms with van der Waals surface area (Å²) in [5.41, 5.74) is 4.07. The molecule has 0 atom stereocenters. The van der Waals surface area contributed by atoms with Gasteiger partial charge in [0, 0.05) is 41.8 Å². The minimum Gasteiger partial charge on any atom is -0.436 e. The average molecular weight is 435 g/mol. The Kier molecular flexibility index (Phi) is 5.51. The predicted molar refractivity (Wildman–Crippen MR) is 125 cm³/mol. The molecule has 2 aromatic carbocycles. The summed E-state index contributed by atoms with van der Waals surface area (Å²) in [5.74, 6) is 1.50. The lowest BCUT2D eigenvalue weighted by atomic mass is 10.1. The Balaban J connectivity index is 1.38. The van der Waals surface area contributed by atoms with Crippen molar-refractivity contribution >= 4 is 5.91 Å². The van der Waals surface area contributed by atoms with E-state index < -0.39 is 0 Å². The van der Waals surface area contributed by atoms with Crippen molar-refractivity contribution in [2.45, 2.75) is 13.5 Å². The van der Waals surface area contributed by atoms with Gasteiger partial charge in [-0.25, -0.2) is 14.6 Å². The summed E-state index contributed by atoms with van der Waals surface area (Å²) in [6, 6.07) is 20.9. The van der Waals surface area contributed by atoms with Gasteiger partial charge in [0.1, 0.15) is 0 Å². The third kappa shape index (κ3) is 4.29. The number of hydrogen-bond acceptors (Lipinski definition) is 5. The molecule has 0 spiro atoms. The number of aromatic nitrogens is 4. The highest BCUT2D eigenvalue weighted by Gasteiger charge is 2.17. The van der Waals surface area contributed by atoms with Gasteiger partial charge in [0.15, 0.2) is 11.6 Å². The zero-order valence-electron chi connectivity index (χ0n) is 18.0. The molecule has 5 aromatic rings. The molecule has 0 saturated heterocycles. The predicted octanol–water partition coefficient (Wildman–Crippen LogP) is 4.83. The quantitative estimate of drug-likeness (QED) is 0.413. The van der Waals surface area contributed by atoms with Crippen LogP contribution in [0.1, 0.15) is 21.5 Å². The fourth-order valence-corrected chi connectivity index (χ4v) is 3.56. The molecule has 1 N–H and O–H groups in total. The fourth-order valence-electron chi connectivity index (χ4n) is 3.56. The Morgan fingerprint density at radius 2 is 1.82 bits per heavy atom. The van der Waals surface area contributed by atoms with Crippen molar-refractivity contribution in [2.75, 3.05) is 0 Å². The number of rotatable bonds is 6. The van der Waals surface area contributed by atoms with E-state index in [9.17, 15) is 4.79 Å². The summed E-state index contributed by atoms with van der Waals surface area (Å²) in [6.45, 7) is 2.34. The first kappa shape index (κ1) is 20.4. The van der Waals surface area contributed by atoms with E-state index >= 15 is 0 Å². The van der Waals surface area contributed by atoms with E-state index in [1.165, 1.54) is 5.56 Å². The smallest absolute Gasteiger partial charge is 0.252 e. The summed E-state index contributed by atoms with van der Waals surface area (Å²) < 4.78 is 7.68. The van der Waals surface area contributed by atoms with Gasteiger partial charge in [0.05, 0.1) is 11.8 Å². The second-order valence-electron chi connectivity index (χ2n) is 7.56. The molecule has 162 valence electrons. The number of aryl methyl sites for hydroxylation is 1. The number of nitrogens with one attached hydrogen (secondary N) is 1. The molecule has 7 nitrogen and oxygen atoms in total. The monoisotopic (exact) mass is 435 g/mol. The SMILES string of the molecule is Cc1ccc(-c2cnc(-c3ccccc3C(=O)NCc3cccnc3-n3cccn3)o2)cc1. The highest BCUT2D eigenvalue weighted by molar-refractivity contribution is 6.00. The molecule has 1 amide bonds. The maximum Gasteiger partial charge on any atom is 0.252 e. The summed E-state index contributed by atoms with van der Waals surface area (Å²) >= 11 is 0. The van der Waals surface area contributed by atoms with Crippen LogP contribution in [-0.4, -0.2) is 25.7 Å². The first-order valence-electron chi connectivity index (χ1n) is 10.5. The molecule has 7 heteroatoms. The standard InChI is InChI=1S/C26H21N5O2/c1-18-9-11-19(12-10-18)23-17-29-26(33-23)22-8-3-2-7-21(22)25(32)28-16-20-6-4-13-27-24(20)31-15-5-14-30-31/h2-15,17H,16H2,1H3,(H,28,32). The molecule has 0 aliphatic carbocycles. The van der Waals surface area contributed by atoms with Gasteiger partial charge in [0.25, 0.3) is 5.91 Å². The largest absolute Gasteiger partial charge is 0.436 e. The minimum absolute atomic E-state index is 0.226. The number of carbonyl (C=O) groups is 1. The molecule has 0 unspecified atom stereocenters. The van der Waals surface area contributed by atoms with Crippen LogP contribution >= 0.6 is 0 Å². The zero-order valence-corrected chi connectivity index (χ0v) is 18.0. The number of oxazole rings is 1. The molecule has 0 saturated carbocycles. The Bertz CT molecular complexity index is 1390. The van der Waals surface area contributed by atoms with Crippen LogP contribution in [0.4, 0.5) is 0 Å². The van der Waals surface area contributed by atoms with Crippen molar-refractivity contribution in [2.24, 2.45) is 0 Å². The van der Waals surface area contributed by atoms with Crippen molar-refractivity contribution in [3.63, 3.8) is 0 Å². The molecule has 0 aliphatic heterocycles. The van der Waals surface area contributed by atoms with E-state index in [0.717, 1.165) is 11.1 Å². The summed E-state index contributed by atoms with van der Waals surface area (Å²) in [4.78, 5) is 21.9. The van der Waals surface area contributed by atoms with Gasteiger partial charge in [0.2, 0.25) is 5.89 Å². The van der Waals surface area contributed by atoms with E-state index in [1.807, 2.05) is 73.8 Å². The Morgan fingerprint density at radius 3 is 2.64 bits per heavy atom. The summed E-state index contributed by atoms with van der Waals surface area (Å²) in [7, 11) is 0. The highest BCUT2D eigenvalue weighted by atomic mass is 16.4. The number of nitrogens with zero attached hydrogens (tertiary/aromatic N) is 4. The van der Waals surface area contributed by atoms with Gasteiger partial charge in [-0.05, 0) is 31.2 Å². The van der Waals surface area contributed by atoms with Gasteiger partial charge >= 0.3 is 0 Å². The number of carbonyl (C=O) groups excluding carboxylic acids is 1. The molecular formula is C26H21N5O2. The van der Waals surface area contributed by atoms with Gasteiger partial charge in [-0.2, -0.15) is 5.10 Å². The first-order chi connectivity index (χ1) is 16.2. The number of hydrogen-bond donors (Lipinski definition) is 1. The molecule has 0 aliphatic rings. The minimum atomic E-state index is -0.226. The Morgan fingerprint density at radius 1 is 0.970 bits per heavy atom.